The van der Waals surface area contributed by atoms with Gasteiger partial charge in [0, 0.05) is 18.1 Å². The van der Waals surface area contributed by atoms with Crippen LogP contribution in [-0.4, -0.2) is 41.6 Å². The zero-order valence-corrected chi connectivity index (χ0v) is 12.6. The molecule has 0 spiro atoms. The van der Waals surface area contributed by atoms with Gasteiger partial charge in [0.1, 0.15) is 11.3 Å². The average molecular weight is 312 g/mol. The number of nitrogens with zero attached hydrogens (tertiary/aromatic N) is 1. The fourth-order valence-electron chi connectivity index (χ4n) is 2.38. The van der Waals surface area contributed by atoms with Gasteiger partial charge in [0.15, 0.2) is 6.61 Å². The number of esters is 1. The van der Waals surface area contributed by atoms with Crippen molar-refractivity contribution in [3.8, 4) is 5.75 Å². The number of piperidine rings is 1. The van der Waals surface area contributed by atoms with Gasteiger partial charge >= 0.3 is 5.97 Å². The van der Waals surface area contributed by atoms with Gasteiger partial charge in [-0.2, -0.15) is 0 Å². The van der Waals surface area contributed by atoms with Gasteiger partial charge in [-0.15, -0.1) is 0 Å². The van der Waals surface area contributed by atoms with Gasteiger partial charge in [-0.05, 0) is 37.0 Å². The minimum absolute atomic E-state index is 0.0395. The Balaban J connectivity index is 1.91. The molecular weight excluding hydrogens is 294 g/mol. The minimum Gasteiger partial charge on any atom is -0.507 e. The maximum Gasteiger partial charge on any atom is 0.342 e. The van der Waals surface area contributed by atoms with Crippen molar-refractivity contribution in [3.05, 3.63) is 28.8 Å². The number of rotatable bonds is 3. The van der Waals surface area contributed by atoms with Gasteiger partial charge in [0.2, 0.25) is 0 Å². The highest BCUT2D eigenvalue weighted by atomic mass is 35.5. The maximum atomic E-state index is 12.0. The van der Waals surface area contributed by atoms with Gasteiger partial charge in [-0.3, -0.25) is 4.79 Å². The number of carbonyl (C=O) groups excluding carboxylic acids is 2. The SMILES string of the molecule is C[C@H]1CCCN(C(=O)COC(=O)c2cc(Cl)ccc2O)C1. The first-order valence-corrected chi connectivity index (χ1v) is 7.28. The highest BCUT2D eigenvalue weighted by Crippen LogP contribution is 2.22. The maximum absolute atomic E-state index is 12.0. The van der Waals surface area contributed by atoms with Crippen molar-refractivity contribution in [1.29, 1.82) is 0 Å². The third-order valence-electron chi connectivity index (χ3n) is 3.51. The molecule has 0 radical (unpaired) electrons. The number of phenols is 1. The Bertz CT molecular complexity index is 546. The molecular formula is C15H18ClNO4. The molecule has 2 rings (SSSR count). The van der Waals surface area contributed by atoms with Crippen molar-refractivity contribution in [2.24, 2.45) is 5.92 Å². The smallest absolute Gasteiger partial charge is 0.342 e. The second kappa shape index (κ2) is 6.80. The van der Waals surface area contributed by atoms with E-state index in [1.165, 1.54) is 18.2 Å². The van der Waals surface area contributed by atoms with Gasteiger partial charge in [0.25, 0.3) is 5.91 Å². The number of phenolic OH excluding ortho intramolecular Hbond substituents is 1. The van der Waals surface area contributed by atoms with Gasteiger partial charge in [-0.1, -0.05) is 18.5 Å². The van der Waals surface area contributed by atoms with E-state index >= 15 is 0 Å². The third-order valence-corrected chi connectivity index (χ3v) is 3.75. The number of hydrogen-bond donors (Lipinski definition) is 1. The van der Waals surface area contributed by atoms with Crippen LogP contribution in [0.4, 0.5) is 0 Å². The molecule has 1 aromatic carbocycles. The highest BCUT2D eigenvalue weighted by Gasteiger charge is 2.22. The molecule has 1 atom stereocenters. The number of aromatic hydroxyl groups is 1. The molecule has 0 bridgehead atoms. The summed E-state index contributed by atoms with van der Waals surface area (Å²) < 4.78 is 4.97. The van der Waals surface area contributed by atoms with Crippen molar-refractivity contribution in [3.63, 3.8) is 0 Å². The van der Waals surface area contributed by atoms with E-state index < -0.39 is 5.97 Å². The second-order valence-corrected chi connectivity index (χ2v) is 5.76. The summed E-state index contributed by atoms with van der Waals surface area (Å²) >= 11 is 5.77. The standard InChI is InChI=1S/C15H18ClNO4/c1-10-3-2-6-17(8-10)14(19)9-21-15(20)12-7-11(16)4-5-13(12)18/h4-5,7,10,18H,2-3,6,8-9H2,1H3/t10-/m0/s1. The summed E-state index contributed by atoms with van der Waals surface area (Å²) in [7, 11) is 0. The molecule has 1 fully saturated rings. The number of halogens is 1. The van der Waals surface area contributed by atoms with Crippen molar-refractivity contribution in [2.75, 3.05) is 19.7 Å². The molecule has 114 valence electrons. The number of ether oxygens (including phenoxy) is 1. The third kappa shape index (κ3) is 4.11. The summed E-state index contributed by atoms with van der Waals surface area (Å²) in [6.45, 7) is 3.16. The topological polar surface area (TPSA) is 66.8 Å². The molecule has 6 heteroatoms. The second-order valence-electron chi connectivity index (χ2n) is 5.32. The first-order valence-electron chi connectivity index (χ1n) is 6.91. The monoisotopic (exact) mass is 311 g/mol. The Kier molecular flexibility index (Phi) is 5.07. The molecule has 0 aromatic heterocycles. The summed E-state index contributed by atoms with van der Waals surface area (Å²) in [5, 5.41) is 9.91. The quantitative estimate of drug-likeness (QED) is 0.871. The Hall–Kier alpha value is -1.75. The molecule has 1 heterocycles. The largest absolute Gasteiger partial charge is 0.507 e. The fraction of sp³-hybridized carbons (Fsp3) is 0.467. The van der Waals surface area contributed by atoms with Crippen LogP contribution in [0.15, 0.2) is 18.2 Å². The first kappa shape index (κ1) is 15.6. The molecule has 5 nitrogen and oxygen atoms in total. The summed E-state index contributed by atoms with van der Waals surface area (Å²) in [6.07, 6.45) is 2.08. The predicted octanol–water partition coefficient (Wildman–Crippen LogP) is 2.46. The van der Waals surface area contributed by atoms with Crippen LogP contribution in [0.2, 0.25) is 5.02 Å². The zero-order valence-electron chi connectivity index (χ0n) is 11.8. The van der Waals surface area contributed by atoms with E-state index in [4.69, 9.17) is 16.3 Å². The molecule has 1 saturated heterocycles. The highest BCUT2D eigenvalue weighted by molar-refractivity contribution is 6.31. The van der Waals surface area contributed by atoms with Crippen molar-refractivity contribution >= 4 is 23.5 Å². The minimum atomic E-state index is -0.756. The van der Waals surface area contributed by atoms with Crippen molar-refractivity contribution < 1.29 is 19.4 Å². The fourth-order valence-corrected chi connectivity index (χ4v) is 2.56. The average Bonchev–Trinajstić information content (AvgIpc) is 2.47. The van der Waals surface area contributed by atoms with Crippen molar-refractivity contribution in [1.82, 2.24) is 4.90 Å². The summed E-state index contributed by atoms with van der Waals surface area (Å²) in [5.41, 5.74) is -0.0395. The molecule has 1 aliphatic heterocycles. The van der Waals surface area contributed by atoms with E-state index in [9.17, 15) is 14.7 Å². The van der Waals surface area contributed by atoms with E-state index in [2.05, 4.69) is 6.92 Å². The summed E-state index contributed by atoms with van der Waals surface area (Å²) in [4.78, 5) is 25.6. The van der Waals surface area contributed by atoms with Crippen LogP contribution in [0.3, 0.4) is 0 Å². The molecule has 1 aromatic rings. The molecule has 21 heavy (non-hydrogen) atoms. The van der Waals surface area contributed by atoms with E-state index in [-0.39, 0.29) is 23.8 Å². The number of carbonyl (C=O) groups is 2. The Morgan fingerprint density at radius 2 is 2.24 bits per heavy atom. The van der Waals surface area contributed by atoms with Crippen LogP contribution in [0.25, 0.3) is 0 Å². The van der Waals surface area contributed by atoms with Crippen LogP contribution in [0, 0.1) is 5.92 Å². The lowest BCUT2D eigenvalue weighted by molar-refractivity contribution is -0.136. The van der Waals surface area contributed by atoms with Crippen LogP contribution in [0.1, 0.15) is 30.1 Å². The molecule has 1 amide bonds. The summed E-state index contributed by atoms with van der Waals surface area (Å²) in [5.74, 6) is -0.719. The van der Waals surface area contributed by atoms with E-state index in [1.54, 1.807) is 4.90 Å². The van der Waals surface area contributed by atoms with E-state index in [1.807, 2.05) is 0 Å². The van der Waals surface area contributed by atoms with Crippen molar-refractivity contribution in [2.45, 2.75) is 19.8 Å². The lowest BCUT2D eigenvalue weighted by Crippen LogP contribution is -2.41. The lowest BCUT2D eigenvalue weighted by atomic mass is 10.0. The number of benzene rings is 1. The van der Waals surface area contributed by atoms with Gasteiger partial charge < -0.3 is 14.7 Å². The van der Waals surface area contributed by atoms with Crippen LogP contribution < -0.4 is 0 Å². The molecule has 1 N–H and O–H groups in total. The molecule has 0 unspecified atom stereocenters. The number of hydrogen-bond acceptors (Lipinski definition) is 4. The Labute approximate surface area is 128 Å². The van der Waals surface area contributed by atoms with Crippen LogP contribution >= 0.6 is 11.6 Å². The van der Waals surface area contributed by atoms with E-state index in [0.717, 1.165) is 12.8 Å². The molecule has 0 aliphatic carbocycles. The molecule has 0 saturated carbocycles. The van der Waals surface area contributed by atoms with Gasteiger partial charge in [-0.25, -0.2) is 4.79 Å². The molecule has 1 aliphatic rings. The van der Waals surface area contributed by atoms with E-state index in [0.29, 0.717) is 24.0 Å². The number of amides is 1. The zero-order chi connectivity index (χ0) is 15.4. The van der Waals surface area contributed by atoms with Gasteiger partial charge in [0.05, 0.1) is 0 Å². The Morgan fingerprint density at radius 3 is 2.95 bits per heavy atom. The first-order chi connectivity index (χ1) is 9.97. The predicted molar refractivity (Wildman–Crippen MR) is 78.4 cm³/mol. The normalized spacial score (nSPS) is 18.4. The Morgan fingerprint density at radius 1 is 1.48 bits per heavy atom. The van der Waals surface area contributed by atoms with Crippen LogP contribution in [0.5, 0.6) is 5.75 Å². The number of likely N-dealkylation sites (tertiary alicyclic amines) is 1. The summed E-state index contributed by atoms with van der Waals surface area (Å²) in [6, 6.07) is 4.09. The lowest BCUT2D eigenvalue weighted by Gasteiger charge is -2.30. The van der Waals surface area contributed by atoms with Crippen LogP contribution in [-0.2, 0) is 9.53 Å².